The van der Waals surface area contributed by atoms with E-state index in [9.17, 15) is 15.0 Å². The summed E-state index contributed by atoms with van der Waals surface area (Å²) in [5, 5.41) is 23.7. The number of hydrogen-bond acceptors (Lipinski definition) is 4. The van der Waals surface area contributed by atoms with Crippen LogP contribution in [-0.4, -0.2) is 34.6 Å². The minimum absolute atomic E-state index is 0.124. The fraction of sp³-hybridized carbons (Fsp3) is 0.350. The van der Waals surface area contributed by atoms with E-state index in [1.165, 1.54) is 0 Å². The number of halogens is 1. The molecule has 2 aromatic carbocycles. The van der Waals surface area contributed by atoms with E-state index >= 15 is 0 Å². The van der Waals surface area contributed by atoms with Crippen LogP contribution in [0.25, 0.3) is 11.1 Å². The monoisotopic (exact) mass is 377 g/mol. The number of nitrogens with one attached hydrogen (secondary N) is 1. The van der Waals surface area contributed by atoms with Crippen LogP contribution in [0.2, 0.25) is 5.02 Å². The molecule has 6 heteroatoms. The molecule has 5 nitrogen and oxygen atoms in total. The zero-order valence-corrected chi connectivity index (χ0v) is 15.8. The number of amides is 1. The van der Waals surface area contributed by atoms with Crippen LogP contribution >= 0.6 is 11.6 Å². The van der Waals surface area contributed by atoms with Crippen LogP contribution in [-0.2, 0) is 4.74 Å². The van der Waals surface area contributed by atoms with Gasteiger partial charge in [-0.1, -0.05) is 41.9 Å². The maximum atomic E-state index is 11.7. The van der Waals surface area contributed by atoms with E-state index in [-0.39, 0.29) is 6.54 Å². The number of carbonyl (C=O) groups excluding carboxylic acids is 1. The van der Waals surface area contributed by atoms with E-state index < -0.39 is 23.9 Å². The average molecular weight is 378 g/mol. The molecule has 0 saturated heterocycles. The quantitative estimate of drug-likeness (QED) is 0.737. The maximum absolute atomic E-state index is 11.7. The number of rotatable bonds is 5. The van der Waals surface area contributed by atoms with Crippen molar-refractivity contribution in [1.29, 1.82) is 0 Å². The van der Waals surface area contributed by atoms with Crippen molar-refractivity contribution in [2.75, 3.05) is 6.54 Å². The minimum atomic E-state index is -1.16. The van der Waals surface area contributed by atoms with Gasteiger partial charge < -0.3 is 20.3 Å². The second-order valence-corrected chi connectivity index (χ2v) is 7.46. The van der Waals surface area contributed by atoms with E-state index in [2.05, 4.69) is 5.32 Å². The highest BCUT2D eigenvalue weighted by Crippen LogP contribution is 2.26. The number of hydrogen-bond donors (Lipinski definition) is 3. The van der Waals surface area contributed by atoms with E-state index in [0.29, 0.717) is 10.6 Å². The lowest BCUT2D eigenvalue weighted by Gasteiger charge is -2.22. The summed E-state index contributed by atoms with van der Waals surface area (Å²) < 4.78 is 5.11. The third-order valence-corrected chi connectivity index (χ3v) is 3.88. The molecule has 140 valence electrons. The SMILES string of the molecule is CC(C)(C)OC(=O)NCC(O)C(O)c1cccc(-c2ccc(Cl)cc2)c1. The Hall–Kier alpha value is -2.08. The van der Waals surface area contributed by atoms with Gasteiger partial charge >= 0.3 is 6.09 Å². The van der Waals surface area contributed by atoms with Crippen molar-refractivity contribution in [2.24, 2.45) is 0 Å². The van der Waals surface area contributed by atoms with Gasteiger partial charge in [0.2, 0.25) is 0 Å². The molecule has 0 heterocycles. The molecule has 2 unspecified atom stereocenters. The lowest BCUT2D eigenvalue weighted by Crippen LogP contribution is -2.38. The van der Waals surface area contributed by atoms with Gasteiger partial charge in [-0.3, -0.25) is 0 Å². The number of aliphatic hydroxyl groups excluding tert-OH is 2. The number of ether oxygens (including phenoxy) is 1. The average Bonchev–Trinajstić information content (AvgIpc) is 2.58. The summed E-state index contributed by atoms with van der Waals surface area (Å²) in [6.45, 7) is 5.13. The Kier molecular flexibility index (Phi) is 6.64. The van der Waals surface area contributed by atoms with Crippen molar-refractivity contribution < 1.29 is 19.7 Å². The highest BCUT2D eigenvalue weighted by atomic mass is 35.5. The molecular formula is C20H24ClNO4. The Morgan fingerprint density at radius 1 is 1.12 bits per heavy atom. The third-order valence-electron chi connectivity index (χ3n) is 3.62. The van der Waals surface area contributed by atoms with Crippen LogP contribution in [0.15, 0.2) is 48.5 Å². The van der Waals surface area contributed by atoms with Crippen LogP contribution in [0, 0.1) is 0 Å². The van der Waals surface area contributed by atoms with E-state index in [1.54, 1.807) is 51.1 Å². The second kappa shape index (κ2) is 8.54. The van der Waals surface area contributed by atoms with Crippen molar-refractivity contribution in [1.82, 2.24) is 5.32 Å². The molecule has 0 radical (unpaired) electrons. The topological polar surface area (TPSA) is 78.8 Å². The zero-order valence-electron chi connectivity index (χ0n) is 15.1. The molecule has 1 amide bonds. The van der Waals surface area contributed by atoms with Crippen LogP contribution < -0.4 is 5.32 Å². The molecule has 0 aliphatic heterocycles. The van der Waals surface area contributed by atoms with Crippen LogP contribution in [0.3, 0.4) is 0 Å². The predicted octanol–water partition coefficient (Wildman–Crippen LogP) is 3.93. The highest BCUT2D eigenvalue weighted by Gasteiger charge is 2.21. The van der Waals surface area contributed by atoms with Gasteiger partial charge in [0.05, 0.1) is 0 Å². The minimum Gasteiger partial charge on any atom is -0.444 e. The Bertz CT molecular complexity index is 740. The van der Waals surface area contributed by atoms with Gasteiger partial charge in [0, 0.05) is 11.6 Å². The Morgan fingerprint density at radius 3 is 2.38 bits per heavy atom. The van der Waals surface area contributed by atoms with Crippen LogP contribution in [0.5, 0.6) is 0 Å². The summed E-state index contributed by atoms with van der Waals surface area (Å²) in [6, 6.07) is 14.6. The maximum Gasteiger partial charge on any atom is 0.407 e. The molecule has 2 rings (SSSR count). The first-order valence-electron chi connectivity index (χ1n) is 8.34. The molecule has 0 aliphatic rings. The van der Waals surface area contributed by atoms with E-state index in [0.717, 1.165) is 11.1 Å². The van der Waals surface area contributed by atoms with Gasteiger partial charge in [-0.25, -0.2) is 4.79 Å². The molecular weight excluding hydrogens is 354 g/mol. The standard InChI is InChI=1S/C20H24ClNO4/c1-20(2,3)26-19(25)22-12-17(23)18(24)15-6-4-5-14(11-15)13-7-9-16(21)10-8-13/h4-11,17-18,23-24H,12H2,1-3H3,(H,22,25). The Balaban J connectivity index is 2.02. The van der Waals surface area contributed by atoms with Crippen LogP contribution in [0.1, 0.15) is 32.4 Å². The smallest absolute Gasteiger partial charge is 0.407 e. The predicted molar refractivity (Wildman–Crippen MR) is 102 cm³/mol. The van der Waals surface area contributed by atoms with E-state index in [1.807, 2.05) is 18.2 Å². The fourth-order valence-electron chi connectivity index (χ4n) is 2.38. The summed E-state index contributed by atoms with van der Waals surface area (Å²) in [5.41, 5.74) is 1.77. The van der Waals surface area contributed by atoms with Gasteiger partial charge in [-0.15, -0.1) is 0 Å². The normalized spacial score (nSPS) is 13.8. The lowest BCUT2D eigenvalue weighted by atomic mass is 9.98. The molecule has 0 bridgehead atoms. The van der Waals surface area contributed by atoms with Gasteiger partial charge in [-0.05, 0) is 55.7 Å². The highest BCUT2D eigenvalue weighted by molar-refractivity contribution is 6.30. The summed E-state index contributed by atoms with van der Waals surface area (Å²) in [7, 11) is 0. The molecule has 0 fully saturated rings. The Morgan fingerprint density at radius 2 is 1.77 bits per heavy atom. The van der Waals surface area contributed by atoms with Crippen molar-refractivity contribution in [3.8, 4) is 11.1 Å². The van der Waals surface area contributed by atoms with E-state index in [4.69, 9.17) is 16.3 Å². The largest absolute Gasteiger partial charge is 0.444 e. The third kappa shape index (κ3) is 6.02. The Labute approximate surface area is 158 Å². The first kappa shape index (κ1) is 20.2. The molecule has 2 atom stereocenters. The second-order valence-electron chi connectivity index (χ2n) is 7.03. The molecule has 3 N–H and O–H groups in total. The zero-order chi connectivity index (χ0) is 19.3. The van der Waals surface area contributed by atoms with Gasteiger partial charge in [0.15, 0.2) is 0 Å². The number of aliphatic hydroxyl groups is 2. The van der Waals surface area contributed by atoms with Crippen molar-refractivity contribution in [3.63, 3.8) is 0 Å². The number of carbonyl (C=O) groups is 1. The van der Waals surface area contributed by atoms with Gasteiger partial charge in [0.25, 0.3) is 0 Å². The molecule has 0 spiro atoms. The molecule has 0 saturated carbocycles. The molecule has 2 aromatic rings. The number of alkyl carbamates (subject to hydrolysis) is 1. The first-order chi connectivity index (χ1) is 12.2. The summed E-state index contributed by atoms with van der Waals surface area (Å²) >= 11 is 5.90. The number of benzene rings is 2. The summed E-state index contributed by atoms with van der Waals surface area (Å²) in [6.07, 6.45) is -2.95. The summed E-state index contributed by atoms with van der Waals surface area (Å²) in [5.74, 6) is 0. The summed E-state index contributed by atoms with van der Waals surface area (Å²) in [4.78, 5) is 11.7. The van der Waals surface area contributed by atoms with Gasteiger partial charge in [0.1, 0.15) is 17.8 Å². The van der Waals surface area contributed by atoms with Crippen molar-refractivity contribution in [3.05, 3.63) is 59.1 Å². The van der Waals surface area contributed by atoms with Crippen molar-refractivity contribution in [2.45, 2.75) is 38.6 Å². The first-order valence-corrected chi connectivity index (χ1v) is 8.72. The molecule has 0 aromatic heterocycles. The molecule has 0 aliphatic carbocycles. The van der Waals surface area contributed by atoms with Gasteiger partial charge in [-0.2, -0.15) is 0 Å². The molecule has 26 heavy (non-hydrogen) atoms. The van der Waals surface area contributed by atoms with Crippen molar-refractivity contribution >= 4 is 17.7 Å². The van der Waals surface area contributed by atoms with Crippen LogP contribution in [0.4, 0.5) is 4.79 Å². The fourth-order valence-corrected chi connectivity index (χ4v) is 2.51. The lowest BCUT2D eigenvalue weighted by molar-refractivity contribution is 0.0129.